The minimum Gasteiger partial charge on any atom is -0.479 e. The van der Waals surface area contributed by atoms with E-state index in [1.54, 1.807) is 0 Å². The first-order valence-corrected chi connectivity index (χ1v) is 8.70. The number of carboxylic acid groups (broad SMARTS) is 2. The number of rotatable bonds is 10. The number of hydrogen-bond donors (Lipinski definition) is 6. The van der Waals surface area contributed by atoms with Gasteiger partial charge in [0.25, 0.3) is 0 Å². The summed E-state index contributed by atoms with van der Waals surface area (Å²) in [7, 11) is 0. The number of aliphatic hydroxyl groups is 2. The molecule has 1 rings (SSSR count). The minimum absolute atomic E-state index is 0.397. The molecule has 0 radical (unpaired) electrons. The predicted molar refractivity (Wildman–Crippen MR) is 102 cm³/mol. The average Bonchev–Trinajstić information content (AvgIpc) is 2.68. The molecule has 0 amide bonds. The van der Waals surface area contributed by atoms with Gasteiger partial charge in [0.05, 0.1) is 0 Å². The van der Waals surface area contributed by atoms with Crippen LogP contribution in [0.4, 0.5) is 17.8 Å². The van der Waals surface area contributed by atoms with Crippen molar-refractivity contribution >= 4 is 29.8 Å². The van der Waals surface area contributed by atoms with Gasteiger partial charge in [-0.2, -0.15) is 15.0 Å². The van der Waals surface area contributed by atoms with E-state index in [0.29, 0.717) is 17.8 Å². The molecule has 7 N–H and O–H groups in total. The smallest absolute Gasteiger partial charge is 0.335 e. The lowest BCUT2D eigenvalue weighted by Gasteiger charge is -2.23. The van der Waals surface area contributed by atoms with Crippen molar-refractivity contribution in [3.8, 4) is 0 Å². The number of anilines is 3. The number of aliphatic carboxylic acids is 2. The first-order chi connectivity index (χ1) is 13.2. The molecule has 0 saturated heterocycles. The van der Waals surface area contributed by atoms with Gasteiger partial charge < -0.3 is 30.2 Å². The van der Waals surface area contributed by atoms with Gasteiger partial charge in [-0.25, -0.2) is 15.4 Å². The predicted octanol–water partition coefficient (Wildman–Crippen LogP) is -1.27. The van der Waals surface area contributed by atoms with Crippen LogP contribution in [0.25, 0.3) is 0 Å². The van der Waals surface area contributed by atoms with E-state index in [9.17, 15) is 9.59 Å². The summed E-state index contributed by atoms with van der Waals surface area (Å²) in [5.41, 5.74) is 2.50. The molecule has 0 fully saturated rings. The Morgan fingerprint density at radius 3 is 1.39 bits per heavy atom. The number of hydrazine groups is 1. The molecule has 0 aliphatic heterocycles. The summed E-state index contributed by atoms with van der Waals surface area (Å²) in [5, 5.41) is 32.5. The lowest BCUT2D eigenvalue weighted by atomic mass is 10.2. The third-order valence-corrected chi connectivity index (χ3v) is 3.64. The Morgan fingerprint density at radius 2 is 1.18 bits per heavy atom. The number of hydrogen-bond acceptors (Lipinski definition) is 11. The van der Waals surface area contributed by atoms with E-state index in [1.807, 2.05) is 0 Å². The number of nitrogens with zero attached hydrogens (tertiary/aromatic N) is 5. The van der Waals surface area contributed by atoms with Crippen LogP contribution in [-0.2, 0) is 9.59 Å². The maximum Gasteiger partial charge on any atom is 0.335 e. The molecular formula is C15H29N7O6. The summed E-state index contributed by atoms with van der Waals surface area (Å²) < 4.78 is 0. The van der Waals surface area contributed by atoms with Crippen LogP contribution in [0.5, 0.6) is 0 Å². The first kappa shape index (κ1) is 25.2. The number of carboxylic acids is 2. The third kappa shape index (κ3) is 7.46. The van der Waals surface area contributed by atoms with Crippen LogP contribution in [0.15, 0.2) is 0 Å². The highest BCUT2D eigenvalue weighted by Gasteiger charge is 2.29. The van der Waals surface area contributed by atoms with Gasteiger partial charge in [-0.3, -0.25) is 5.43 Å². The fourth-order valence-electron chi connectivity index (χ4n) is 1.98. The van der Waals surface area contributed by atoms with Gasteiger partial charge in [0.1, 0.15) is 0 Å². The molecule has 1 heterocycles. The Balaban J connectivity index is 0.000000621. The van der Waals surface area contributed by atoms with E-state index in [2.05, 4.69) is 57.9 Å². The Labute approximate surface area is 162 Å². The Kier molecular flexibility index (Phi) is 11.3. The second-order valence-corrected chi connectivity index (χ2v) is 5.31. The molecule has 1 aromatic heterocycles. The molecule has 0 saturated carbocycles. The Morgan fingerprint density at radius 1 is 0.857 bits per heavy atom. The number of aliphatic hydroxyl groups excluding tert-OH is 2. The number of nitrogens with one attached hydrogen (secondary N) is 1. The highest BCUT2D eigenvalue weighted by atomic mass is 16.4. The summed E-state index contributed by atoms with van der Waals surface area (Å²) in [6, 6.07) is 0. The normalized spacial score (nSPS) is 12.2. The lowest BCUT2D eigenvalue weighted by molar-refractivity contribution is -0.165. The van der Waals surface area contributed by atoms with Crippen LogP contribution in [0.1, 0.15) is 27.7 Å². The number of nitrogen functional groups attached to an aromatic ring is 1. The number of nitrogens with two attached hydrogens (primary N) is 1. The van der Waals surface area contributed by atoms with Crippen molar-refractivity contribution in [2.24, 2.45) is 5.84 Å². The Hall–Kier alpha value is -2.77. The summed E-state index contributed by atoms with van der Waals surface area (Å²) in [5.74, 6) is 3.59. The SMILES string of the molecule is CCN(CC)c1nc(NN)nc(N(CC)CC)n1.O=C(O)[C@H](O)[C@@H](O)C(=O)O. The molecule has 0 unspecified atom stereocenters. The van der Waals surface area contributed by atoms with Gasteiger partial charge in [-0.15, -0.1) is 0 Å². The monoisotopic (exact) mass is 403 g/mol. The number of carbonyl (C=O) groups is 2. The molecule has 0 bridgehead atoms. The quantitative estimate of drug-likeness (QED) is 0.200. The van der Waals surface area contributed by atoms with Gasteiger partial charge in [0, 0.05) is 26.2 Å². The molecule has 160 valence electrons. The maximum absolute atomic E-state index is 9.77. The van der Waals surface area contributed by atoms with Gasteiger partial charge in [-0.05, 0) is 27.7 Å². The summed E-state index contributed by atoms with van der Waals surface area (Å²) in [6.07, 6.45) is -4.53. The average molecular weight is 403 g/mol. The topological polar surface area (TPSA) is 198 Å². The summed E-state index contributed by atoms with van der Waals surface area (Å²) >= 11 is 0. The molecule has 0 aliphatic rings. The molecule has 2 atom stereocenters. The molecule has 0 aromatic carbocycles. The minimum atomic E-state index is -2.27. The fourth-order valence-corrected chi connectivity index (χ4v) is 1.98. The van der Waals surface area contributed by atoms with E-state index in [-0.39, 0.29) is 0 Å². The lowest BCUT2D eigenvalue weighted by Crippen LogP contribution is -2.39. The van der Waals surface area contributed by atoms with Gasteiger partial charge >= 0.3 is 11.9 Å². The standard InChI is InChI=1S/C11H23N7.C4H6O6/c1-5-17(6-2)10-13-9(16-12)14-11(15-10)18(7-3)8-4;5-1(3(7)8)2(6)4(9)10/h5-8,12H2,1-4H3,(H,13,14,15,16);1-2,5-6H,(H,7,8)(H,9,10)/t;1-,2-/m.1/s1. The molecule has 13 nitrogen and oxygen atoms in total. The Bertz CT molecular complexity index is 577. The van der Waals surface area contributed by atoms with E-state index in [1.165, 1.54) is 0 Å². The van der Waals surface area contributed by atoms with E-state index >= 15 is 0 Å². The summed E-state index contributed by atoms with van der Waals surface area (Å²) in [4.78, 5) is 36.7. The van der Waals surface area contributed by atoms with Crippen LogP contribution in [0.2, 0.25) is 0 Å². The maximum atomic E-state index is 9.77. The molecule has 1 aromatic rings. The van der Waals surface area contributed by atoms with Crippen molar-refractivity contribution in [1.29, 1.82) is 0 Å². The van der Waals surface area contributed by atoms with Crippen molar-refractivity contribution < 1.29 is 30.0 Å². The second-order valence-electron chi connectivity index (χ2n) is 5.31. The van der Waals surface area contributed by atoms with Crippen LogP contribution in [-0.4, -0.2) is 85.7 Å². The van der Waals surface area contributed by atoms with Crippen LogP contribution in [0.3, 0.4) is 0 Å². The largest absolute Gasteiger partial charge is 0.479 e. The van der Waals surface area contributed by atoms with Crippen LogP contribution >= 0.6 is 0 Å². The molecule has 0 aliphatic carbocycles. The van der Waals surface area contributed by atoms with Crippen molar-refractivity contribution in [3.05, 3.63) is 0 Å². The first-order valence-electron chi connectivity index (χ1n) is 8.70. The highest BCUT2D eigenvalue weighted by molar-refractivity contribution is 5.83. The van der Waals surface area contributed by atoms with Crippen molar-refractivity contribution in [3.63, 3.8) is 0 Å². The van der Waals surface area contributed by atoms with E-state index in [0.717, 1.165) is 26.2 Å². The zero-order valence-corrected chi connectivity index (χ0v) is 16.4. The molecule has 0 spiro atoms. The summed E-state index contributed by atoms with van der Waals surface area (Å²) in [6.45, 7) is 11.7. The fraction of sp³-hybridized carbons (Fsp3) is 0.667. The van der Waals surface area contributed by atoms with Gasteiger partial charge in [0.2, 0.25) is 17.8 Å². The second kappa shape index (κ2) is 12.6. The zero-order chi connectivity index (χ0) is 21.9. The van der Waals surface area contributed by atoms with Gasteiger partial charge in [-0.1, -0.05) is 0 Å². The van der Waals surface area contributed by atoms with Crippen molar-refractivity contribution in [2.75, 3.05) is 41.4 Å². The molecule has 28 heavy (non-hydrogen) atoms. The molecular weight excluding hydrogens is 374 g/mol. The zero-order valence-electron chi connectivity index (χ0n) is 16.4. The van der Waals surface area contributed by atoms with Crippen LogP contribution in [0, 0.1) is 0 Å². The van der Waals surface area contributed by atoms with Crippen LogP contribution < -0.4 is 21.1 Å². The van der Waals surface area contributed by atoms with Crippen molar-refractivity contribution in [2.45, 2.75) is 39.9 Å². The number of aromatic nitrogens is 3. The van der Waals surface area contributed by atoms with E-state index in [4.69, 9.17) is 26.3 Å². The van der Waals surface area contributed by atoms with Crippen molar-refractivity contribution in [1.82, 2.24) is 15.0 Å². The van der Waals surface area contributed by atoms with Gasteiger partial charge in [0.15, 0.2) is 12.2 Å². The third-order valence-electron chi connectivity index (χ3n) is 3.64. The van der Waals surface area contributed by atoms with E-state index < -0.39 is 24.1 Å². The molecule has 13 heteroatoms. The highest BCUT2D eigenvalue weighted by Crippen LogP contribution is 2.15.